The zero-order valence-corrected chi connectivity index (χ0v) is 13.1. The number of carbonyl (C=O) groups is 1. The summed E-state index contributed by atoms with van der Waals surface area (Å²) in [6, 6.07) is 8.52. The maximum absolute atomic E-state index is 12.4. The number of hydrogen-bond donors (Lipinski definition) is 1. The van der Waals surface area contributed by atoms with Crippen LogP contribution in [-0.2, 0) is 4.79 Å². The van der Waals surface area contributed by atoms with Crippen molar-refractivity contribution in [2.45, 2.75) is 38.3 Å². The number of likely N-dealkylation sites (tertiary alicyclic amines) is 1. The van der Waals surface area contributed by atoms with Crippen molar-refractivity contribution in [1.29, 1.82) is 0 Å². The molecule has 22 heavy (non-hydrogen) atoms. The van der Waals surface area contributed by atoms with Crippen molar-refractivity contribution in [2.75, 3.05) is 26.3 Å². The van der Waals surface area contributed by atoms with Gasteiger partial charge >= 0.3 is 0 Å². The Kier molecular flexibility index (Phi) is 4.83. The van der Waals surface area contributed by atoms with E-state index >= 15 is 0 Å². The average molecular weight is 304 g/mol. The lowest BCUT2D eigenvalue weighted by atomic mass is 10.1. The molecule has 2 unspecified atom stereocenters. The van der Waals surface area contributed by atoms with Crippen LogP contribution < -0.4 is 14.8 Å². The predicted octanol–water partition coefficient (Wildman–Crippen LogP) is 1.82. The summed E-state index contributed by atoms with van der Waals surface area (Å²) in [6.45, 7) is 4.20. The fourth-order valence-electron chi connectivity index (χ4n) is 3.24. The predicted molar refractivity (Wildman–Crippen MR) is 84.2 cm³/mol. The lowest BCUT2D eigenvalue weighted by molar-refractivity contribution is -0.133. The number of nitrogens with zero attached hydrogens (tertiary/aromatic N) is 1. The third-order valence-corrected chi connectivity index (χ3v) is 4.38. The van der Waals surface area contributed by atoms with E-state index in [0.717, 1.165) is 19.5 Å². The van der Waals surface area contributed by atoms with Gasteiger partial charge in [0.25, 0.3) is 5.91 Å². The Morgan fingerprint density at radius 3 is 2.68 bits per heavy atom. The molecule has 2 bridgehead atoms. The number of nitrogens with one attached hydrogen (secondary N) is 1. The van der Waals surface area contributed by atoms with Crippen LogP contribution >= 0.6 is 0 Å². The third-order valence-electron chi connectivity index (χ3n) is 4.38. The minimum atomic E-state index is 0.0562. The maximum Gasteiger partial charge on any atom is 0.260 e. The summed E-state index contributed by atoms with van der Waals surface area (Å²) in [5.41, 5.74) is 0. The van der Waals surface area contributed by atoms with E-state index in [0.29, 0.717) is 30.2 Å². The molecule has 2 aliphatic heterocycles. The van der Waals surface area contributed by atoms with E-state index in [-0.39, 0.29) is 12.5 Å². The van der Waals surface area contributed by atoms with Gasteiger partial charge in [-0.1, -0.05) is 12.1 Å². The Morgan fingerprint density at radius 1 is 1.18 bits per heavy atom. The Balaban J connectivity index is 1.56. The van der Waals surface area contributed by atoms with Crippen molar-refractivity contribution >= 4 is 5.91 Å². The second kappa shape index (κ2) is 7.01. The topological polar surface area (TPSA) is 50.8 Å². The van der Waals surface area contributed by atoms with Crippen molar-refractivity contribution < 1.29 is 14.3 Å². The first-order chi connectivity index (χ1) is 10.8. The molecule has 1 N–H and O–H groups in total. The number of ether oxygens (including phenoxy) is 2. The highest BCUT2D eigenvalue weighted by molar-refractivity contribution is 5.78. The Bertz CT molecular complexity index is 520. The van der Waals surface area contributed by atoms with Crippen LogP contribution in [0.2, 0.25) is 0 Å². The summed E-state index contributed by atoms with van der Waals surface area (Å²) in [6.07, 6.45) is 3.45. The zero-order valence-electron chi connectivity index (χ0n) is 13.1. The summed E-state index contributed by atoms with van der Waals surface area (Å²) in [7, 11) is 0. The van der Waals surface area contributed by atoms with Gasteiger partial charge in [0.1, 0.15) is 0 Å². The van der Waals surface area contributed by atoms with Gasteiger partial charge in [0.15, 0.2) is 18.1 Å². The normalized spacial score (nSPS) is 24.0. The second-order valence-corrected chi connectivity index (χ2v) is 5.93. The van der Waals surface area contributed by atoms with Crippen LogP contribution in [0, 0.1) is 0 Å². The zero-order chi connectivity index (χ0) is 15.4. The number of hydrogen-bond acceptors (Lipinski definition) is 4. The SMILES string of the molecule is CCOc1ccccc1OCC(=O)N1CCC2CCC(C1)N2. The van der Waals surface area contributed by atoms with Crippen LogP contribution in [0.4, 0.5) is 0 Å². The number of amides is 1. The Hall–Kier alpha value is -1.75. The van der Waals surface area contributed by atoms with Crippen molar-refractivity contribution in [3.05, 3.63) is 24.3 Å². The summed E-state index contributed by atoms with van der Waals surface area (Å²) >= 11 is 0. The molecule has 3 rings (SSSR count). The fourth-order valence-corrected chi connectivity index (χ4v) is 3.24. The molecule has 1 aromatic carbocycles. The number of rotatable bonds is 5. The van der Waals surface area contributed by atoms with E-state index in [1.165, 1.54) is 12.8 Å². The van der Waals surface area contributed by atoms with Crippen LogP contribution in [0.25, 0.3) is 0 Å². The van der Waals surface area contributed by atoms with Gasteiger partial charge in [-0.2, -0.15) is 0 Å². The number of para-hydroxylation sites is 2. The Morgan fingerprint density at radius 2 is 1.91 bits per heavy atom. The molecule has 2 heterocycles. The van der Waals surface area contributed by atoms with Crippen LogP contribution in [0.1, 0.15) is 26.2 Å². The molecule has 0 radical (unpaired) electrons. The number of fused-ring (bicyclic) bond motifs is 2. The molecular weight excluding hydrogens is 280 g/mol. The van der Waals surface area contributed by atoms with Crippen molar-refractivity contribution in [3.8, 4) is 11.5 Å². The van der Waals surface area contributed by atoms with E-state index in [1.54, 1.807) is 0 Å². The molecule has 0 aliphatic carbocycles. The van der Waals surface area contributed by atoms with E-state index in [2.05, 4.69) is 5.32 Å². The van der Waals surface area contributed by atoms with Crippen molar-refractivity contribution in [1.82, 2.24) is 10.2 Å². The molecule has 2 saturated heterocycles. The van der Waals surface area contributed by atoms with E-state index in [9.17, 15) is 4.79 Å². The highest BCUT2D eigenvalue weighted by Gasteiger charge is 2.31. The summed E-state index contributed by atoms with van der Waals surface area (Å²) in [5, 5.41) is 3.58. The lowest BCUT2D eigenvalue weighted by Crippen LogP contribution is -2.41. The monoisotopic (exact) mass is 304 g/mol. The maximum atomic E-state index is 12.4. The average Bonchev–Trinajstić information content (AvgIpc) is 2.85. The quantitative estimate of drug-likeness (QED) is 0.901. The molecule has 120 valence electrons. The number of benzene rings is 1. The molecule has 1 amide bonds. The van der Waals surface area contributed by atoms with Gasteiger partial charge in [-0.25, -0.2) is 0 Å². The first kappa shape index (κ1) is 15.2. The Labute approximate surface area is 131 Å². The van der Waals surface area contributed by atoms with Gasteiger partial charge in [-0.3, -0.25) is 4.79 Å². The summed E-state index contributed by atoms with van der Waals surface area (Å²) < 4.78 is 11.2. The van der Waals surface area contributed by atoms with Crippen molar-refractivity contribution in [3.63, 3.8) is 0 Å². The molecule has 2 aliphatic rings. The first-order valence-electron chi connectivity index (χ1n) is 8.14. The van der Waals surface area contributed by atoms with Gasteiger partial charge in [0.05, 0.1) is 6.61 Å². The van der Waals surface area contributed by atoms with Gasteiger partial charge in [0, 0.05) is 25.2 Å². The second-order valence-electron chi connectivity index (χ2n) is 5.93. The van der Waals surface area contributed by atoms with Crippen molar-refractivity contribution in [2.24, 2.45) is 0 Å². The van der Waals surface area contributed by atoms with Gasteiger partial charge in [-0.15, -0.1) is 0 Å². The third kappa shape index (κ3) is 3.53. The van der Waals surface area contributed by atoms with Crippen LogP contribution in [0.15, 0.2) is 24.3 Å². The molecule has 2 fully saturated rings. The smallest absolute Gasteiger partial charge is 0.260 e. The van der Waals surface area contributed by atoms with Gasteiger partial charge < -0.3 is 19.7 Å². The van der Waals surface area contributed by atoms with Gasteiger partial charge in [-0.05, 0) is 38.3 Å². The molecule has 0 spiro atoms. The largest absolute Gasteiger partial charge is 0.490 e. The first-order valence-corrected chi connectivity index (χ1v) is 8.14. The van der Waals surface area contributed by atoms with E-state index in [4.69, 9.17) is 9.47 Å². The molecule has 5 nitrogen and oxygen atoms in total. The standard InChI is InChI=1S/C17H24N2O3/c1-2-21-15-5-3-4-6-16(15)22-12-17(20)19-10-9-13-7-8-14(11-19)18-13/h3-6,13-14,18H,2,7-12H2,1H3. The van der Waals surface area contributed by atoms with Crippen LogP contribution in [0.3, 0.4) is 0 Å². The highest BCUT2D eigenvalue weighted by atomic mass is 16.5. The van der Waals surface area contributed by atoms with E-state index < -0.39 is 0 Å². The number of carbonyl (C=O) groups excluding carboxylic acids is 1. The summed E-state index contributed by atoms with van der Waals surface area (Å²) in [4.78, 5) is 14.3. The molecule has 0 aromatic heterocycles. The minimum absolute atomic E-state index is 0.0562. The van der Waals surface area contributed by atoms with E-state index in [1.807, 2.05) is 36.1 Å². The van der Waals surface area contributed by atoms with Crippen LogP contribution in [0.5, 0.6) is 11.5 Å². The lowest BCUT2D eigenvalue weighted by Gasteiger charge is -2.24. The minimum Gasteiger partial charge on any atom is -0.490 e. The molecule has 5 heteroatoms. The fraction of sp³-hybridized carbons (Fsp3) is 0.588. The molecule has 1 aromatic rings. The summed E-state index contributed by atoms with van der Waals surface area (Å²) in [5.74, 6) is 1.38. The van der Waals surface area contributed by atoms with Crippen LogP contribution in [-0.4, -0.2) is 49.2 Å². The molecule has 0 saturated carbocycles. The highest BCUT2D eigenvalue weighted by Crippen LogP contribution is 2.26. The molecule has 2 atom stereocenters. The van der Waals surface area contributed by atoms with Gasteiger partial charge in [0.2, 0.25) is 0 Å². The molecular formula is C17H24N2O3.